The summed E-state index contributed by atoms with van der Waals surface area (Å²) >= 11 is 1.76. The summed E-state index contributed by atoms with van der Waals surface area (Å²) in [7, 11) is -3.45. The van der Waals surface area contributed by atoms with E-state index in [1.54, 1.807) is 36.0 Å². The zero-order chi connectivity index (χ0) is 22.7. The Bertz CT molecular complexity index is 998. The predicted molar refractivity (Wildman–Crippen MR) is 135 cm³/mol. The Morgan fingerprint density at radius 2 is 1.48 bits per heavy atom. The average molecular weight is 455 g/mol. The van der Waals surface area contributed by atoms with Gasteiger partial charge in [-0.1, -0.05) is 71.3 Å². The van der Waals surface area contributed by atoms with Gasteiger partial charge in [0.2, 0.25) is 0 Å². The molecule has 0 aliphatic rings. The quantitative estimate of drug-likeness (QED) is 0.258. The van der Waals surface area contributed by atoms with Gasteiger partial charge in [0, 0.05) is 10.6 Å². The van der Waals surface area contributed by atoms with Gasteiger partial charge in [0.05, 0.1) is 10.1 Å². The van der Waals surface area contributed by atoms with Crippen molar-refractivity contribution in [3.8, 4) is 0 Å². The maximum absolute atomic E-state index is 13.4. The molecule has 2 nitrogen and oxygen atoms in total. The molecule has 0 aromatic heterocycles. The van der Waals surface area contributed by atoms with Gasteiger partial charge in [-0.3, -0.25) is 0 Å². The highest BCUT2D eigenvalue weighted by Crippen LogP contribution is 2.25. The second kappa shape index (κ2) is 12.7. The Labute approximate surface area is 193 Å². The van der Waals surface area contributed by atoms with E-state index < -0.39 is 15.1 Å². The Hall–Kier alpha value is -2.04. The largest absolute Gasteiger partial charge is 0.223 e. The summed E-state index contributed by atoms with van der Waals surface area (Å²) in [5, 5.41) is -0.556. The lowest BCUT2D eigenvalue weighted by Crippen LogP contribution is -2.20. The molecule has 0 aliphatic heterocycles. The van der Waals surface area contributed by atoms with Gasteiger partial charge in [0.25, 0.3) is 0 Å². The molecule has 0 heterocycles. The first-order valence-corrected chi connectivity index (χ1v) is 13.3. The summed E-state index contributed by atoms with van der Waals surface area (Å²) < 4.78 is 26.8. The molecule has 0 aliphatic carbocycles. The number of hydrogen-bond acceptors (Lipinski definition) is 3. The smallest absolute Gasteiger partial charge is 0.185 e. The SMILES string of the molecule is CC(C)=CCCC(C)=CC(CC(C)=CCSc1ccccc1)S(=O)(=O)c1ccccc1. The van der Waals surface area contributed by atoms with Gasteiger partial charge in [-0.15, -0.1) is 11.8 Å². The average Bonchev–Trinajstić information content (AvgIpc) is 2.74. The second-order valence-electron chi connectivity index (χ2n) is 8.11. The summed E-state index contributed by atoms with van der Waals surface area (Å²) in [6, 6.07) is 19.1. The van der Waals surface area contributed by atoms with Crippen LogP contribution in [0.4, 0.5) is 0 Å². The zero-order valence-corrected chi connectivity index (χ0v) is 20.7. The molecule has 0 saturated carbocycles. The fourth-order valence-electron chi connectivity index (χ4n) is 3.23. The maximum Gasteiger partial charge on any atom is 0.185 e. The Morgan fingerprint density at radius 1 is 0.871 bits per heavy atom. The lowest BCUT2D eigenvalue weighted by Gasteiger charge is -2.16. The number of thioether (sulfide) groups is 1. The molecule has 2 rings (SSSR count). The van der Waals surface area contributed by atoms with Gasteiger partial charge >= 0.3 is 0 Å². The molecule has 0 fully saturated rings. The van der Waals surface area contributed by atoms with E-state index >= 15 is 0 Å². The Kier molecular flexibility index (Phi) is 10.4. The van der Waals surface area contributed by atoms with E-state index in [1.807, 2.05) is 44.2 Å². The molecule has 0 radical (unpaired) electrons. The number of hydrogen-bond donors (Lipinski definition) is 0. The minimum absolute atomic E-state index is 0.389. The van der Waals surface area contributed by atoms with Crippen molar-refractivity contribution < 1.29 is 8.42 Å². The fraction of sp³-hybridized carbons (Fsp3) is 0.333. The molecule has 2 aromatic rings. The summed E-state index contributed by atoms with van der Waals surface area (Å²) in [6.07, 6.45) is 8.63. The topological polar surface area (TPSA) is 34.1 Å². The highest BCUT2D eigenvalue weighted by atomic mass is 32.2. The first-order chi connectivity index (χ1) is 14.8. The molecule has 1 atom stereocenters. The molecular formula is C27H34O2S2. The molecule has 2 aromatic carbocycles. The van der Waals surface area contributed by atoms with E-state index in [0.29, 0.717) is 11.3 Å². The molecule has 0 bridgehead atoms. The minimum Gasteiger partial charge on any atom is -0.223 e. The van der Waals surface area contributed by atoms with Crippen LogP contribution in [0.2, 0.25) is 0 Å². The van der Waals surface area contributed by atoms with Crippen LogP contribution in [0.1, 0.15) is 47.0 Å². The van der Waals surface area contributed by atoms with Gasteiger partial charge in [0.1, 0.15) is 0 Å². The first-order valence-electron chi connectivity index (χ1n) is 10.7. The normalized spacial score (nSPS) is 13.7. The predicted octanol–water partition coefficient (Wildman–Crippen LogP) is 7.65. The lowest BCUT2D eigenvalue weighted by atomic mass is 10.1. The van der Waals surface area contributed by atoms with Crippen LogP contribution in [0.25, 0.3) is 0 Å². The van der Waals surface area contributed by atoms with E-state index in [4.69, 9.17) is 0 Å². The number of sulfone groups is 1. The van der Waals surface area contributed by atoms with Gasteiger partial charge in [-0.05, 0) is 71.2 Å². The highest BCUT2D eigenvalue weighted by Gasteiger charge is 2.25. The molecule has 0 N–H and O–H groups in total. The molecule has 4 heteroatoms. The van der Waals surface area contributed by atoms with Crippen LogP contribution in [-0.4, -0.2) is 19.4 Å². The highest BCUT2D eigenvalue weighted by molar-refractivity contribution is 7.99. The third-order valence-electron chi connectivity index (χ3n) is 4.98. The third kappa shape index (κ3) is 8.92. The van der Waals surface area contributed by atoms with Crippen molar-refractivity contribution in [3.05, 3.63) is 95.6 Å². The van der Waals surface area contributed by atoms with Crippen LogP contribution in [0.5, 0.6) is 0 Å². The zero-order valence-electron chi connectivity index (χ0n) is 19.0. The van der Waals surface area contributed by atoms with Crippen LogP contribution < -0.4 is 0 Å². The van der Waals surface area contributed by atoms with Gasteiger partial charge in [0.15, 0.2) is 9.84 Å². The van der Waals surface area contributed by atoms with Crippen molar-refractivity contribution in [2.24, 2.45) is 0 Å². The number of benzene rings is 2. The number of allylic oxidation sites excluding steroid dienone is 4. The van der Waals surface area contributed by atoms with Crippen LogP contribution in [0, 0.1) is 0 Å². The van der Waals surface area contributed by atoms with Crippen LogP contribution >= 0.6 is 11.8 Å². The molecule has 166 valence electrons. The van der Waals surface area contributed by atoms with Crippen LogP contribution in [0.15, 0.2) is 105 Å². The van der Waals surface area contributed by atoms with E-state index in [1.165, 1.54) is 10.5 Å². The van der Waals surface area contributed by atoms with Gasteiger partial charge < -0.3 is 0 Å². The minimum atomic E-state index is -3.45. The van der Waals surface area contributed by atoms with Crippen molar-refractivity contribution >= 4 is 21.6 Å². The fourth-order valence-corrected chi connectivity index (χ4v) is 5.92. The summed E-state index contributed by atoms with van der Waals surface area (Å²) in [6.45, 7) is 8.24. The van der Waals surface area contributed by atoms with Crippen molar-refractivity contribution in [1.29, 1.82) is 0 Å². The van der Waals surface area contributed by atoms with Gasteiger partial charge in [-0.2, -0.15) is 0 Å². The second-order valence-corrected chi connectivity index (χ2v) is 11.4. The molecule has 0 spiro atoms. The molecule has 31 heavy (non-hydrogen) atoms. The van der Waals surface area contributed by atoms with Crippen molar-refractivity contribution in [1.82, 2.24) is 0 Å². The monoisotopic (exact) mass is 454 g/mol. The first kappa shape index (κ1) is 25.2. The molecular weight excluding hydrogens is 420 g/mol. The van der Waals surface area contributed by atoms with Gasteiger partial charge in [-0.25, -0.2) is 8.42 Å². The Balaban J connectivity index is 2.18. The summed E-state index contributed by atoms with van der Waals surface area (Å²) in [5.41, 5.74) is 3.51. The van der Waals surface area contributed by atoms with E-state index in [-0.39, 0.29) is 0 Å². The number of rotatable bonds is 11. The van der Waals surface area contributed by atoms with Crippen molar-refractivity contribution in [2.45, 2.75) is 62.0 Å². The summed E-state index contributed by atoms with van der Waals surface area (Å²) in [5.74, 6) is 0.831. The standard InChI is InChI=1S/C27H34O2S2/c1-22(2)12-11-13-23(3)20-27(31(28,29)26-16-9-6-10-17-26)21-24(4)18-19-30-25-14-7-5-8-15-25/h5-10,12,14-18,20,27H,11,13,19,21H2,1-4H3. The van der Waals surface area contributed by atoms with E-state index in [2.05, 4.69) is 38.1 Å². The van der Waals surface area contributed by atoms with E-state index in [0.717, 1.165) is 29.7 Å². The van der Waals surface area contributed by atoms with Crippen molar-refractivity contribution in [2.75, 3.05) is 5.75 Å². The molecule has 0 saturated heterocycles. The third-order valence-corrected chi connectivity index (χ3v) is 7.95. The maximum atomic E-state index is 13.4. The molecule has 0 amide bonds. The van der Waals surface area contributed by atoms with Crippen LogP contribution in [-0.2, 0) is 9.84 Å². The summed E-state index contributed by atoms with van der Waals surface area (Å²) in [4.78, 5) is 1.61. The van der Waals surface area contributed by atoms with Crippen molar-refractivity contribution in [3.63, 3.8) is 0 Å². The Morgan fingerprint density at radius 3 is 2.10 bits per heavy atom. The molecule has 1 unspecified atom stereocenters. The lowest BCUT2D eigenvalue weighted by molar-refractivity contribution is 0.587. The van der Waals surface area contributed by atoms with E-state index in [9.17, 15) is 8.42 Å². The van der Waals surface area contributed by atoms with Crippen LogP contribution in [0.3, 0.4) is 0 Å².